The van der Waals surface area contributed by atoms with Crippen LogP contribution in [0.1, 0.15) is 12.8 Å². The summed E-state index contributed by atoms with van der Waals surface area (Å²) in [5.41, 5.74) is 5.56. The molecule has 14 heteroatoms. The van der Waals surface area contributed by atoms with Crippen LogP contribution in [-0.2, 0) is 24.0 Å². The Bertz CT molecular complexity index is 607. The molecule has 4 atom stereocenters. The Labute approximate surface area is 176 Å². The van der Waals surface area contributed by atoms with Gasteiger partial charge in [0.15, 0.2) is 0 Å². The molecule has 0 rings (SSSR count). The molecule has 0 spiro atoms. The van der Waals surface area contributed by atoms with E-state index in [9.17, 15) is 24.0 Å². The zero-order valence-corrected chi connectivity index (χ0v) is 17.4. The second-order valence-electron chi connectivity index (χ2n) is 5.87. The van der Waals surface area contributed by atoms with Gasteiger partial charge in [0.2, 0.25) is 17.7 Å². The minimum Gasteiger partial charge on any atom is -0.481 e. The smallest absolute Gasteiger partial charge is 0.328 e. The van der Waals surface area contributed by atoms with Crippen LogP contribution in [0.15, 0.2) is 0 Å². The summed E-state index contributed by atoms with van der Waals surface area (Å²) in [4.78, 5) is 58.7. The number of amides is 3. The average Bonchev–Trinajstić information content (AvgIpc) is 2.66. The molecule has 0 aliphatic rings. The summed E-state index contributed by atoms with van der Waals surface area (Å²) in [5.74, 6) is -5.05. The number of aliphatic carboxylic acids is 2. The van der Waals surface area contributed by atoms with Crippen LogP contribution in [0, 0.1) is 0 Å². The molecule has 0 saturated carbocycles. The molecular formula is C15H26N4O8S2. The van der Waals surface area contributed by atoms with E-state index in [-0.39, 0.29) is 12.2 Å². The van der Waals surface area contributed by atoms with E-state index in [0.717, 1.165) is 0 Å². The van der Waals surface area contributed by atoms with E-state index in [4.69, 9.17) is 21.1 Å². The molecule has 0 heterocycles. The molecule has 0 aromatic heterocycles. The van der Waals surface area contributed by atoms with Crippen molar-refractivity contribution >= 4 is 54.1 Å². The summed E-state index contributed by atoms with van der Waals surface area (Å²) in [6, 6.07) is -5.36. The van der Waals surface area contributed by atoms with Crippen molar-refractivity contribution in [3.05, 3.63) is 0 Å². The van der Waals surface area contributed by atoms with E-state index in [1.165, 1.54) is 11.8 Å². The van der Waals surface area contributed by atoms with Crippen molar-refractivity contribution < 1.29 is 39.3 Å². The van der Waals surface area contributed by atoms with Crippen molar-refractivity contribution in [2.45, 2.75) is 37.0 Å². The SMILES string of the molecule is CSCCC(NC(=O)C(N)CS)C(=O)NC(CC(=O)O)C(=O)NC(CO)C(=O)O. The van der Waals surface area contributed by atoms with Gasteiger partial charge in [-0.25, -0.2) is 4.79 Å². The monoisotopic (exact) mass is 454 g/mol. The quantitative estimate of drug-likeness (QED) is 0.125. The molecule has 166 valence electrons. The minimum atomic E-state index is -1.67. The number of hydrogen-bond donors (Lipinski definition) is 8. The Morgan fingerprint density at radius 3 is 1.93 bits per heavy atom. The summed E-state index contributed by atoms with van der Waals surface area (Å²) < 4.78 is 0. The van der Waals surface area contributed by atoms with Gasteiger partial charge in [0.25, 0.3) is 0 Å². The second-order valence-corrected chi connectivity index (χ2v) is 7.22. The maximum atomic E-state index is 12.5. The van der Waals surface area contributed by atoms with Crippen LogP contribution in [0.5, 0.6) is 0 Å². The largest absolute Gasteiger partial charge is 0.481 e. The Hall–Kier alpha value is -2.03. The summed E-state index contributed by atoms with van der Waals surface area (Å²) in [6.45, 7) is -0.928. The van der Waals surface area contributed by atoms with Crippen LogP contribution in [0.25, 0.3) is 0 Å². The molecule has 0 aliphatic carbocycles. The summed E-state index contributed by atoms with van der Waals surface area (Å²) in [7, 11) is 0. The van der Waals surface area contributed by atoms with Crippen LogP contribution in [0.4, 0.5) is 0 Å². The molecule has 0 bridgehead atoms. The van der Waals surface area contributed by atoms with Crippen LogP contribution in [0.3, 0.4) is 0 Å². The predicted molar refractivity (Wildman–Crippen MR) is 108 cm³/mol. The van der Waals surface area contributed by atoms with E-state index in [1.807, 2.05) is 5.32 Å². The van der Waals surface area contributed by atoms with Gasteiger partial charge in [0.05, 0.1) is 19.1 Å². The summed E-state index contributed by atoms with van der Waals surface area (Å²) in [6.07, 6.45) is 1.11. The molecule has 0 aliphatic heterocycles. The number of carbonyl (C=O) groups excluding carboxylic acids is 3. The maximum Gasteiger partial charge on any atom is 0.328 e. The van der Waals surface area contributed by atoms with Gasteiger partial charge < -0.3 is 37.0 Å². The molecule has 3 amide bonds. The summed E-state index contributed by atoms with van der Waals surface area (Å²) in [5, 5.41) is 33.4. The average molecular weight is 455 g/mol. The lowest BCUT2D eigenvalue weighted by Crippen LogP contribution is -2.58. The van der Waals surface area contributed by atoms with Gasteiger partial charge in [-0.1, -0.05) is 0 Å². The van der Waals surface area contributed by atoms with Gasteiger partial charge in [-0.3, -0.25) is 19.2 Å². The number of carbonyl (C=O) groups is 5. The number of thioether (sulfide) groups is 1. The third-order valence-corrected chi connectivity index (χ3v) is 4.62. The van der Waals surface area contributed by atoms with Gasteiger partial charge in [-0.05, 0) is 18.4 Å². The molecule has 0 radical (unpaired) electrons. The van der Waals surface area contributed by atoms with Crippen molar-refractivity contribution in [1.29, 1.82) is 0 Å². The highest BCUT2D eigenvalue weighted by atomic mass is 32.2. The number of carboxylic acid groups (broad SMARTS) is 2. The lowest BCUT2D eigenvalue weighted by molar-refractivity contribution is -0.144. The highest BCUT2D eigenvalue weighted by molar-refractivity contribution is 7.98. The van der Waals surface area contributed by atoms with E-state index in [2.05, 4.69) is 23.3 Å². The number of nitrogens with one attached hydrogen (secondary N) is 3. The van der Waals surface area contributed by atoms with Gasteiger partial charge in [0.1, 0.15) is 18.1 Å². The number of aliphatic hydroxyl groups is 1. The normalized spacial score (nSPS) is 14.8. The summed E-state index contributed by atoms with van der Waals surface area (Å²) >= 11 is 5.29. The molecule has 0 saturated heterocycles. The Morgan fingerprint density at radius 2 is 1.48 bits per heavy atom. The van der Waals surface area contributed by atoms with Gasteiger partial charge in [-0.2, -0.15) is 24.4 Å². The molecule has 4 unspecified atom stereocenters. The topological polar surface area (TPSA) is 208 Å². The van der Waals surface area contributed by atoms with Crippen molar-refractivity contribution in [2.24, 2.45) is 5.73 Å². The van der Waals surface area contributed by atoms with Crippen molar-refractivity contribution in [2.75, 3.05) is 24.4 Å². The Morgan fingerprint density at radius 1 is 0.966 bits per heavy atom. The highest BCUT2D eigenvalue weighted by Crippen LogP contribution is 2.04. The number of thiol groups is 1. The molecule has 0 aromatic rings. The number of hydrogen-bond acceptors (Lipinski definition) is 9. The third-order valence-electron chi connectivity index (χ3n) is 3.59. The van der Waals surface area contributed by atoms with E-state index >= 15 is 0 Å². The van der Waals surface area contributed by atoms with Crippen LogP contribution in [-0.4, -0.2) is 93.5 Å². The third kappa shape index (κ3) is 10.3. The zero-order valence-electron chi connectivity index (χ0n) is 15.7. The lowest BCUT2D eigenvalue weighted by atomic mass is 10.1. The van der Waals surface area contributed by atoms with E-state index in [1.54, 1.807) is 6.26 Å². The molecule has 8 N–H and O–H groups in total. The van der Waals surface area contributed by atoms with Crippen molar-refractivity contribution in [3.63, 3.8) is 0 Å². The number of aliphatic hydroxyl groups excluding tert-OH is 1. The number of nitrogens with two attached hydrogens (primary N) is 1. The first kappa shape index (κ1) is 27.0. The van der Waals surface area contributed by atoms with Gasteiger partial charge in [0, 0.05) is 5.75 Å². The second kappa shape index (κ2) is 14.0. The fourth-order valence-electron chi connectivity index (χ4n) is 1.98. The van der Waals surface area contributed by atoms with Crippen LogP contribution < -0.4 is 21.7 Å². The molecule has 0 aromatic carbocycles. The van der Waals surface area contributed by atoms with Crippen LogP contribution in [0.2, 0.25) is 0 Å². The lowest BCUT2D eigenvalue weighted by Gasteiger charge is -2.24. The van der Waals surface area contributed by atoms with Crippen molar-refractivity contribution in [1.82, 2.24) is 16.0 Å². The zero-order chi connectivity index (χ0) is 22.6. The van der Waals surface area contributed by atoms with Gasteiger partial charge >= 0.3 is 11.9 Å². The van der Waals surface area contributed by atoms with Crippen LogP contribution >= 0.6 is 24.4 Å². The molecule has 0 fully saturated rings. The number of rotatable bonds is 14. The first-order valence-corrected chi connectivity index (χ1v) is 10.4. The minimum absolute atomic E-state index is 0.0322. The molecular weight excluding hydrogens is 428 g/mol. The fraction of sp³-hybridized carbons (Fsp3) is 0.667. The predicted octanol–water partition coefficient (Wildman–Crippen LogP) is -3.00. The Kier molecular flexibility index (Phi) is 13.0. The standard InChI is InChI=1S/C15H26N4O8S2/c1-29-3-2-8(17-12(23)7(16)6-28)13(24)18-9(4-11(21)22)14(25)19-10(5-20)15(26)27/h7-10,20,28H,2-6,16H2,1H3,(H,17,23)(H,18,24)(H,19,25)(H,21,22)(H,26,27). The Balaban J connectivity index is 5.34. The van der Waals surface area contributed by atoms with Gasteiger partial charge in [-0.15, -0.1) is 0 Å². The van der Waals surface area contributed by atoms with Crippen molar-refractivity contribution in [3.8, 4) is 0 Å². The van der Waals surface area contributed by atoms with E-state index in [0.29, 0.717) is 5.75 Å². The molecule has 12 nitrogen and oxygen atoms in total. The number of carboxylic acids is 2. The first-order valence-electron chi connectivity index (χ1n) is 8.39. The first-order chi connectivity index (χ1) is 13.6. The highest BCUT2D eigenvalue weighted by Gasteiger charge is 2.31. The van der Waals surface area contributed by atoms with E-state index < -0.39 is 66.9 Å². The maximum absolute atomic E-state index is 12.5. The fourth-order valence-corrected chi connectivity index (χ4v) is 2.62. The molecule has 29 heavy (non-hydrogen) atoms.